The van der Waals surface area contributed by atoms with Gasteiger partial charge < -0.3 is 37.8 Å². The van der Waals surface area contributed by atoms with Crippen molar-refractivity contribution in [3.8, 4) is 5.95 Å². The first-order valence-electron chi connectivity index (χ1n) is 16.0. The van der Waals surface area contributed by atoms with Crippen LogP contribution in [0.5, 0.6) is 0 Å². The maximum atomic E-state index is 12.5. The van der Waals surface area contributed by atoms with E-state index in [1.807, 2.05) is 0 Å². The number of primary amides is 1. The van der Waals surface area contributed by atoms with Gasteiger partial charge in [-0.25, -0.2) is 21.4 Å². The van der Waals surface area contributed by atoms with Crippen molar-refractivity contribution in [3.63, 3.8) is 0 Å². The molecule has 0 radical (unpaired) electrons. The maximum absolute atomic E-state index is 12.5. The average Bonchev–Trinajstić information content (AvgIpc) is 3.19. The van der Waals surface area contributed by atoms with Gasteiger partial charge in [-0.05, 0) is 107 Å². The summed E-state index contributed by atoms with van der Waals surface area (Å²) in [5.74, 6) is -0.852. The van der Waals surface area contributed by atoms with Crippen LogP contribution in [0.3, 0.4) is 0 Å². The van der Waals surface area contributed by atoms with Crippen molar-refractivity contribution in [2.24, 2.45) is 26.2 Å². The molecule has 0 saturated carbocycles. The standard InChI is InChI=1S/C33H25ClN10O10S3.ClH.HI3.3Na.U/c1-17-14-25(42-43-26-15-20(55-54-53-46)8-11-27(26)56(47,48)49)18(2)13-24(17)41-40-22-9-10-23(29-21(22)6-3-7-28(29)57(50,51)52)36-32-37-31(34)38-33(39-32)44-12-4-5-19(16-44)30(35)45;;1-3-2;;;;/h3-16H,1-2H3,(H5-,35,36,37,38,39,41,43,45,46,47,48,49,50,51,52);1H;3H;;;;/q;;;3*+1;/p-3. The second-order valence-corrected chi connectivity index (χ2v) is 33.0. The Morgan fingerprint density at radius 1 is 0.831 bits per heavy atom. The molecule has 0 atom stereocenters. The quantitative estimate of drug-likeness (QED) is 0.0162. The van der Waals surface area contributed by atoms with Crippen molar-refractivity contribution in [1.29, 1.82) is 0 Å². The summed E-state index contributed by atoms with van der Waals surface area (Å²) in [6, 6.07) is 16.6. The Kier molecular flexibility index (Phi) is 30.8. The summed E-state index contributed by atoms with van der Waals surface area (Å²) in [7, 11) is -10.00. The minimum atomic E-state index is -5.05. The second-order valence-electron chi connectivity index (χ2n) is 11.7. The van der Waals surface area contributed by atoms with E-state index >= 15 is 0 Å². The molecule has 0 spiro atoms. The smallest absolute Gasteiger partial charge is 1.00 e. The zero-order valence-corrected chi connectivity index (χ0v) is 54.7. The number of azo groups is 2. The van der Waals surface area contributed by atoms with Crippen LogP contribution in [-0.2, 0) is 29.6 Å². The van der Waals surface area contributed by atoms with Crippen LogP contribution in [0.25, 0.3) is 16.7 Å². The Hall–Kier alpha value is 0.642. The molecule has 0 aliphatic rings. The Bertz CT molecular complexity index is 2930. The molecular weight excluding hydrogens is 1550 g/mol. The molecule has 0 bridgehead atoms. The van der Waals surface area contributed by atoms with Crippen molar-refractivity contribution in [2.45, 2.75) is 28.5 Å². The zero-order valence-electron chi connectivity index (χ0n) is 34.0. The number of nitrogens with two attached hydrogens (primary N) is 1. The van der Waals surface area contributed by atoms with Gasteiger partial charge in [0.05, 0.1) is 62.5 Å². The molecule has 3 N–H and O–H groups in total. The first-order chi connectivity index (χ1) is 28.4. The molecule has 326 valence electrons. The summed E-state index contributed by atoms with van der Waals surface area (Å²) < 4.78 is 78.5. The minimum Gasteiger partial charge on any atom is -1.00 e. The van der Waals surface area contributed by atoms with Crippen LogP contribution in [0.1, 0.15) is 21.5 Å². The van der Waals surface area contributed by atoms with E-state index in [0.29, 0.717) is 42.1 Å². The van der Waals surface area contributed by atoms with Gasteiger partial charge >= 0.3 is 156 Å². The predicted octanol–water partition coefficient (Wildman–Crippen LogP) is -4.31. The number of carbonyl (C=O) groups excluding carboxylic acids is 1. The molecule has 32 heteroatoms. The number of amides is 1. The fraction of sp³-hybridized carbons (Fsp3) is 0.0606. The molecule has 1 amide bonds. The van der Waals surface area contributed by atoms with Crippen molar-refractivity contribution < 1.29 is 182 Å². The normalized spacial score (nSPS) is 11.0. The molecule has 65 heavy (non-hydrogen) atoms. The van der Waals surface area contributed by atoms with Gasteiger partial charge in [-0.15, -0.1) is 10.2 Å². The van der Waals surface area contributed by atoms with Crippen molar-refractivity contribution in [3.05, 3.63) is 107 Å². The van der Waals surface area contributed by atoms with Gasteiger partial charge in [0.1, 0.15) is 25.9 Å². The molecule has 2 heterocycles. The maximum Gasteiger partial charge on any atom is 1.00 e. The molecule has 0 aliphatic carbocycles. The topological polar surface area (TPSA) is 303 Å². The van der Waals surface area contributed by atoms with E-state index in [9.17, 15) is 36.0 Å². The van der Waals surface area contributed by atoms with E-state index in [4.69, 9.17) is 17.3 Å². The van der Waals surface area contributed by atoms with Crippen LogP contribution in [0.2, 0.25) is 5.28 Å². The van der Waals surface area contributed by atoms with Gasteiger partial charge in [0.25, 0.3) is 5.91 Å². The van der Waals surface area contributed by atoms with Gasteiger partial charge in [-0.1, -0.05) is 12.1 Å². The number of carbonyl (C=O) groups is 1. The summed E-state index contributed by atoms with van der Waals surface area (Å²) >= 11 is 11.9. The molecule has 0 aliphatic heterocycles. The number of aryl methyl sites for hydroxylation is 2. The molecule has 0 saturated heterocycles. The summed E-state index contributed by atoms with van der Waals surface area (Å²) in [4.78, 5) is 23.2. The number of anilines is 2. The average molecular weight is 1580 g/mol. The van der Waals surface area contributed by atoms with E-state index < -0.39 is 35.9 Å². The van der Waals surface area contributed by atoms with E-state index in [-0.39, 0.29) is 193 Å². The number of benzene rings is 4. The van der Waals surface area contributed by atoms with Crippen LogP contribution in [-0.4, -0.2) is 46.8 Å². The Labute approximate surface area is 507 Å². The number of pyridine rings is 1. The van der Waals surface area contributed by atoms with Crippen LogP contribution < -0.4 is 122 Å². The van der Waals surface area contributed by atoms with Crippen LogP contribution in [0.4, 0.5) is 34.4 Å². The van der Waals surface area contributed by atoms with Crippen LogP contribution >= 0.6 is 74.1 Å². The fourth-order valence-corrected chi connectivity index (χ4v) is 7.09. The molecule has 4 aromatic carbocycles. The first-order valence-corrected chi connectivity index (χ1v) is 33.5. The van der Waals surface area contributed by atoms with E-state index in [1.54, 1.807) is 26.0 Å². The van der Waals surface area contributed by atoms with E-state index in [1.165, 1.54) is 65.5 Å². The molecule has 6 rings (SSSR count). The number of rotatable bonds is 13. The van der Waals surface area contributed by atoms with Gasteiger partial charge in [0.2, 0.25) is 0 Å². The molecule has 20 nitrogen and oxygen atoms in total. The first kappa shape index (κ1) is 65.6. The van der Waals surface area contributed by atoms with Crippen molar-refractivity contribution >= 4 is 145 Å². The second kappa shape index (κ2) is 30.5. The third-order valence-electron chi connectivity index (χ3n) is 7.81. The largest absolute Gasteiger partial charge is 1.00 e. The SMILES string of the molecule is Cc1cc(N=Nc2ccc(Nc3nc(Cl)nc(-[n+]4cccc(C(N)=O)c4)n3)c3c(S(=O)(=O)[O-])cccc23)c(C)cc1N=Nc1cc(SOO[O-])ccc1S(=O)(=O)[O-].I[IH]I.[Cl-].[Na+].[Na+].[Na+].[U]. The molecular formula is C33H24Cl2I3N10Na3O10S3U. The van der Waals surface area contributed by atoms with E-state index in [0.717, 1.165) is 12.1 Å². The molecule has 6 aromatic rings. The zero-order chi connectivity index (χ0) is 43.8. The Morgan fingerprint density at radius 2 is 1.42 bits per heavy atom. The summed E-state index contributed by atoms with van der Waals surface area (Å²) in [5.41, 5.74) is 7.18. The van der Waals surface area contributed by atoms with Gasteiger partial charge in [-0.3, -0.25) is 9.83 Å². The van der Waals surface area contributed by atoms with Gasteiger partial charge in [0.15, 0.2) is 0 Å². The predicted molar refractivity (Wildman–Crippen MR) is 240 cm³/mol. The van der Waals surface area contributed by atoms with E-state index in [2.05, 4.69) is 87.3 Å². The van der Waals surface area contributed by atoms with Crippen LogP contribution in [0.15, 0.2) is 120 Å². The number of nitrogens with one attached hydrogen (secondary N) is 1. The Morgan fingerprint density at radius 3 is 1.98 bits per heavy atom. The molecule has 0 unspecified atom stereocenters. The van der Waals surface area contributed by atoms with Crippen molar-refractivity contribution in [1.82, 2.24) is 15.0 Å². The van der Waals surface area contributed by atoms with Gasteiger partial charge in [-0.2, -0.15) is 19.5 Å². The molecule has 0 fully saturated rings. The summed E-state index contributed by atoms with van der Waals surface area (Å²) in [6.07, 6.45) is 2.91. The number of nitrogens with zero attached hydrogens (tertiary/aromatic N) is 8. The number of hydrogen-bond donors (Lipinski definition) is 2. The van der Waals surface area contributed by atoms with Crippen molar-refractivity contribution in [2.75, 3.05) is 5.32 Å². The van der Waals surface area contributed by atoms with Crippen LogP contribution in [0, 0.1) is 45.0 Å². The summed E-state index contributed by atoms with van der Waals surface area (Å²) in [5, 5.41) is 33.1. The third kappa shape index (κ3) is 18.6. The third-order valence-corrected chi connectivity index (χ3v) is 10.3. The summed E-state index contributed by atoms with van der Waals surface area (Å²) in [6.45, 7) is 3.35. The number of aromatic nitrogens is 4. The fourth-order valence-electron chi connectivity index (χ4n) is 5.24. The van der Waals surface area contributed by atoms with Gasteiger partial charge in [0, 0.05) is 46.8 Å². The minimum absolute atomic E-state index is 0. The number of fused-ring (bicyclic) bond motifs is 1. The monoisotopic (exact) mass is 1570 g/mol. The molecule has 2 aromatic heterocycles. The Balaban J connectivity index is 0.00000498. The number of hydrogen-bond acceptors (Lipinski definition) is 19. The number of halogens is 5.